The lowest BCUT2D eigenvalue weighted by molar-refractivity contribution is -0.491. The van der Waals surface area contributed by atoms with Crippen LogP contribution in [-0.4, -0.2) is 59.0 Å². The van der Waals surface area contributed by atoms with Gasteiger partial charge in [-0.2, -0.15) is 0 Å². The monoisotopic (exact) mass is 741 g/mol. The summed E-state index contributed by atoms with van der Waals surface area (Å²) >= 11 is 6.39. The molecule has 1 N–H and O–H groups in total. The molecule has 1 amide bonds. The summed E-state index contributed by atoms with van der Waals surface area (Å²) in [7, 11) is 0. The standard InChI is InChI=1S/C42H60ClNO8/c1-22-16-27(43)18-28(17-22)44-38(45)47-34(37-26(5)32-11-9-24(3)30-13-15-40(7)21-36(48-37)42(30,32)52-50-40)19-33-25(4)31-10-8-23(2)29-12-14-39(6)20-35(46-33)41(29,31)51-49-39/h16-18,23-26,29-37H,8-15,19-21H2,1-7H3,(H,44,45)/t23-,24-,25-,26-,29+,30+,31+,32+,33-,34+,35-,36-,37?,39+,40+,41-,42-/m1/s1. The van der Waals surface area contributed by atoms with Crippen molar-refractivity contribution in [2.24, 2.45) is 47.3 Å². The summed E-state index contributed by atoms with van der Waals surface area (Å²) in [6.45, 7) is 15.7. The summed E-state index contributed by atoms with van der Waals surface area (Å²) in [4.78, 5) is 39.8. The highest BCUT2D eigenvalue weighted by molar-refractivity contribution is 6.31. The van der Waals surface area contributed by atoms with Crippen molar-refractivity contribution < 1.29 is 38.6 Å². The molecule has 52 heavy (non-hydrogen) atoms. The van der Waals surface area contributed by atoms with E-state index in [0.717, 1.165) is 63.4 Å². The van der Waals surface area contributed by atoms with Gasteiger partial charge in [-0.3, -0.25) is 5.32 Å². The number of carbonyl (C=O) groups excluding carboxylic acids is 1. The Balaban J connectivity index is 1.05. The largest absolute Gasteiger partial charge is 0.443 e. The molecule has 10 aliphatic rings. The zero-order chi connectivity index (χ0) is 36.4. The van der Waals surface area contributed by atoms with Crippen LogP contribution in [0.25, 0.3) is 0 Å². The highest BCUT2D eigenvalue weighted by Gasteiger charge is 2.70. The average Bonchev–Trinajstić information content (AvgIpc) is 3.45. The molecular weight excluding hydrogens is 682 g/mol. The van der Waals surface area contributed by atoms with Crippen molar-refractivity contribution in [3.63, 3.8) is 0 Å². The van der Waals surface area contributed by atoms with E-state index in [-0.39, 0.29) is 47.8 Å². The summed E-state index contributed by atoms with van der Waals surface area (Å²) in [6, 6.07) is 5.54. The van der Waals surface area contributed by atoms with Crippen molar-refractivity contribution >= 4 is 23.4 Å². The van der Waals surface area contributed by atoms with Crippen LogP contribution < -0.4 is 5.32 Å². The minimum atomic E-state index is -0.545. The summed E-state index contributed by atoms with van der Waals surface area (Å²) in [5.74, 6) is 2.61. The number of ether oxygens (including phenoxy) is 3. The van der Waals surface area contributed by atoms with Gasteiger partial charge in [-0.25, -0.2) is 24.3 Å². The van der Waals surface area contributed by atoms with Crippen LogP contribution in [0.2, 0.25) is 5.02 Å². The van der Waals surface area contributed by atoms with Gasteiger partial charge in [0.1, 0.15) is 28.5 Å². The molecule has 0 aromatic heterocycles. The number of hydrogen-bond acceptors (Lipinski definition) is 8. The normalized spacial score (nSPS) is 51.0. The number of benzene rings is 1. The van der Waals surface area contributed by atoms with Crippen LogP contribution in [0.5, 0.6) is 0 Å². The molecule has 4 bridgehead atoms. The van der Waals surface area contributed by atoms with E-state index in [1.165, 1.54) is 6.42 Å². The summed E-state index contributed by atoms with van der Waals surface area (Å²) in [5.41, 5.74) is -0.125. The third-order valence-corrected chi connectivity index (χ3v) is 16.2. The van der Waals surface area contributed by atoms with Crippen molar-refractivity contribution in [1.29, 1.82) is 0 Å². The first kappa shape index (κ1) is 36.2. The van der Waals surface area contributed by atoms with E-state index in [1.807, 2.05) is 19.1 Å². The number of aryl methyl sites for hydroxylation is 1. The molecule has 6 aliphatic heterocycles. The second-order valence-corrected chi connectivity index (χ2v) is 19.7. The minimum Gasteiger partial charge on any atom is -0.443 e. The molecule has 10 heteroatoms. The van der Waals surface area contributed by atoms with Gasteiger partial charge >= 0.3 is 6.09 Å². The number of amides is 1. The van der Waals surface area contributed by atoms with E-state index in [9.17, 15) is 4.79 Å². The summed E-state index contributed by atoms with van der Waals surface area (Å²) in [5, 5.41) is 3.57. The zero-order valence-corrected chi connectivity index (χ0v) is 32.9. The van der Waals surface area contributed by atoms with Gasteiger partial charge < -0.3 is 14.2 Å². The van der Waals surface area contributed by atoms with Gasteiger partial charge in [0.05, 0.1) is 24.4 Å². The number of halogens is 1. The molecule has 6 heterocycles. The quantitative estimate of drug-likeness (QED) is 0.299. The molecule has 1 aromatic carbocycles. The van der Waals surface area contributed by atoms with Crippen LogP contribution >= 0.6 is 11.6 Å². The Kier molecular flexibility index (Phi) is 8.90. The summed E-state index contributed by atoms with van der Waals surface area (Å²) in [6.07, 6.45) is 8.94. The van der Waals surface area contributed by atoms with Gasteiger partial charge in [-0.15, -0.1) is 0 Å². The lowest BCUT2D eigenvalue weighted by Crippen LogP contribution is -2.71. The molecule has 9 nitrogen and oxygen atoms in total. The fourth-order valence-corrected chi connectivity index (χ4v) is 13.6. The number of nitrogens with one attached hydrogen (secondary N) is 1. The molecule has 0 radical (unpaired) electrons. The third-order valence-electron chi connectivity index (χ3n) is 16.0. The van der Waals surface area contributed by atoms with Gasteiger partial charge in [0.2, 0.25) is 0 Å². The fourth-order valence-electron chi connectivity index (χ4n) is 13.3. The topological polar surface area (TPSA) is 93.7 Å². The van der Waals surface area contributed by atoms with Crippen LogP contribution in [0.3, 0.4) is 0 Å². The van der Waals surface area contributed by atoms with Gasteiger partial charge in [0, 0.05) is 30.0 Å². The maximum Gasteiger partial charge on any atom is 0.411 e. The molecule has 17 atom stereocenters. The predicted molar refractivity (Wildman–Crippen MR) is 195 cm³/mol. The lowest BCUT2D eigenvalue weighted by atomic mass is 9.55. The molecule has 10 fully saturated rings. The Bertz CT molecular complexity index is 1540. The maximum atomic E-state index is 14.0. The number of carbonyl (C=O) groups is 1. The second kappa shape index (κ2) is 12.8. The first-order valence-corrected chi connectivity index (χ1v) is 20.9. The molecule has 288 valence electrons. The molecule has 2 spiro atoms. The Hall–Kier alpha value is -1.46. The van der Waals surface area contributed by atoms with Crippen molar-refractivity contribution in [3.05, 3.63) is 28.8 Å². The number of rotatable bonds is 5. The number of anilines is 1. The van der Waals surface area contributed by atoms with E-state index in [2.05, 4.69) is 46.9 Å². The van der Waals surface area contributed by atoms with Gasteiger partial charge in [-0.1, -0.05) is 39.3 Å². The number of hydrogen-bond donors (Lipinski definition) is 1. The van der Waals surface area contributed by atoms with Crippen molar-refractivity contribution in [2.75, 3.05) is 5.32 Å². The molecule has 4 saturated carbocycles. The van der Waals surface area contributed by atoms with Crippen molar-refractivity contribution in [3.8, 4) is 0 Å². The molecule has 6 saturated heterocycles. The van der Waals surface area contributed by atoms with Gasteiger partial charge in [0.25, 0.3) is 0 Å². The van der Waals surface area contributed by atoms with Crippen molar-refractivity contribution in [1.82, 2.24) is 0 Å². The van der Waals surface area contributed by atoms with Crippen LogP contribution in [0.1, 0.15) is 118 Å². The molecule has 4 aliphatic carbocycles. The Labute approximate surface area is 314 Å². The predicted octanol–water partition coefficient (Wildman–Crippen LogP) is 9.37. The Morgan fingerprint density at radius 2 is 1.37 bits per heavy atom. The van der Waals surface area contributed by atoms with Crippen LogP contribution in [0.4, 0.5) is 10.5 Å². The lowest BCUT2D eigenvalue weighted by Gasteiger charge is -2.62. The van der Waals surface area contributed by atoms with Crippen molar-refractivity contribution in [2.45, 2.75) is 172 Å². The maximum absolute atomic E-state index is 14.0. The van der Waals surface area contributed by atoms with E-state index < -0.39 is 29.0 Å². The minimum absolute atomic E-state index is 0.0678. The number of fused-ring (bicyclic) bond motifs is 4. The van der Waals surface area contributed by atoms with E-state index >= 15 is 0 Å². The molecular formula is C42H60ClNO8. The molecule has 1 unspecified atom stereocenters. The van der Waals surface area contributed by atoms with Crippen LogP contribution in [-0.2, 0) is 33.8 Å². The van der Waals surface area contributed by atoms with Gasteiger partial charge in [0.15, 0.2) is 0 Å². The highest BCUT2D eigenvalue weighted by atomic mass is 35.5. The molecule has 1 aromatic rings. The Morgan fingerprint density at radius 3 is 1.96 bits per heavy atom. The van der Waals surface area contributed by atoms with E-state index in [0.29, 0.717) is 46.7 Å². The second-order valence-electron chi connectivity index (χ2n) is 19.3. The zero-order valence-electron chi connectivity index (χ0n) is 32.2. The van der Waals surface area contributed by atoms with E-state index in [4.69, 9.17) is 45.4 Å². The SMILES string of the molecule is Cc1cc(Cl)cc(NC(=O)O[C@@H](C[C@H]2O[C@@H]3C[C@]4(C)CC[C@H]5[C@H](C)CC[C@@H]([C@H]2C)[C@@]35OO4)C2O[C@@H]3C[C@]4(C)CC[C@H]5[C@H](C)CC[C@@H]([C@H]2C)[C@@]35OO4)c1. The average molecular weight is 742 g/mol. The smallest absolute Gasteiger partial charge is 0.411 e. The fraction of sp³-hybridized carbons (Fsp3) is 0.833. The summed E-state index contributed by atoms with van der Waals surface area (Å²) < 4.78 is 21.2. The third kappa shape index (κ3) is 5.55. The van der Waals surface area contributed by atoms with Crippen LogP contribution in [0, 0.1) is 54.3 Å². The van der Waals surface area contributed by atoms with Crippen LogP contribution in [0.15, 0.2) is 18.2 Å². The molecule has 11 rings (SSSR count). The first-order chi connectivity index (χ1) is 24.7. The Morgan fingerprint density at radius 1 is 0.788 bits per heavy atom. The highest BCUT2D eigenvalue weighted by Crippen LogP contribution is 2.64. The van der Waals surface area contributed by atoms with Gasteiger partial charge in [-0.05, 0) is 143 Å². The first-order valence-electron chi connectivity index (χ1n) is 20.5. The van der Waals surface area contributed by atoms with E-state index in [1.54, 1.807) is 6.07 Å².